The monoisotopic (exact) mass is 284 g/mol. The minimum absolute atomic E-state index is 0.179. The molecule has 5 nitrogen and oxygen atoms in total. The molecule has 2 amide bonds. The summed E-state index contributed by atoms with van der Waals surface area (Å²) in [7, 11) is 3.87. The third-order valence-corrected chi connectivity index (χ3v) is 3.02. The molecule has 1 aromatic carbocycles. The van der Waals surface area contributed by atoms with E-state index in [0.717, 1.165) is 16.9 Å². The summed E-state index contributed by atoms with van der Waals surface area (Å²) in [6.45, 7) is 0.996. The number of nitrogens with one attached hydrogen (secondary N) is 2. The summed E-state index contributed by atoms with van der Waals surface area (Å²) < 4.78 is 0. The summed E-state index contributed by atoms with van der Waals surface area (Å²) in [4.78, 5) is 17.9. The van der Waals surface area contributed by atoms with Gasteiger partial charge in [0.2, 0.25) is 0 Å². The average Bonchev–Trinajstić information content (AvgIpc) is 2.52. The van der Waals surface area contributed by atoms with Gasteiger partial charge in [0, 0.05) is 33.4 Å². The maximum absolute atomic E-state index is 11.8. The Morgan fingerprint density at radius 2 is 1.71 bits per heavy atom. The van der Waals surface area contributed by atoms with E-state index in [2.05, 4.69) is 15.6 Å². The number of amides is 2. The Balaban J connectivity index is 1.80. The normalized spacial score (nSPS) is 10.0. The molecule has 0 spiro atoms. The first-order chi connectivity index (χ1) is 10.1. The van der Waals surface area contributed by atoms with Crippen molar-refractivity contribution in [1.29, 1.82) is 0 Å². The second-order valence-corrected chi connectivity index (χ2v) is 4.94. The summed E-state index contributed by atoms with van der Waals surface area (Å²) in [6, 6.07) is 13.5. The molecule has 0 fully saturated rings. The Morgan fingerprint density at radius 3 is 2.38 bits per heavy atom. The molecule has 0 saturated carbocycles. The fourth-order valence-electron chi connectivity index (χ4n) is 1.84. The fraction of sp³-hybridized carbons (Fsp3) is 0.250. The first-order valence-corrected chi connectivity index (χ1v) is 6.83. The molecule has 2 aromatic rings. The highest BCUT2D eigenvalue weighted by molar-refractivity contribution is 5.73. The van der Waals surface area contributed by atoms with Gasteiger partial charge in [0.25, 0.3) is 0 Å². The third kappa shape index (κ3) is 4.80. The molecule has 0 atom stereocenters. The second kappa shape index (κ2) is 7.28. The number of urea groups is 1. The van der Waals surface area contributed by atoms with Crippen LogP contribution in [0, 0.1) is 0 Å². The number of hydrogen-bond acceptors (Lipinski definition) is 3. The van der Waals surface area contributed by atoms with Crippen LogP contribution < -0.4 is 15.5 Å². The van der Waals surface area contributed by atoms with Gasteiger partial charge in [-0.3, -0.25) is 0 Å². The van der Waals surface area contributed by atoms with E-state index in [4.69, 9.17) is 0 Å². The molecule has 0 aliphatic carbocycles. The van der Waals surface area contributed by atoms with Crippen molar-refractivity contribution in [2.75, 3.05) is 19.0 Å². The third-order valence-electron chi connectivity index (χ3n) is 3.02. The van der Waals surface area contributed by atoms with Crippen LogP contribution in [-0.4, -0.2) is 25.1 Å². The minimum atomic E-state index is -0.179. The van der Waals surface area contributed by atoms with E-state index in [0.29, 0.717) is 13.1 Å². The Kier molecular flexibility index (Phi) is 5.15. The molecule has 2 rings (SSSR count). The van der Waals surface area contributed by atoms with E-state index < -0.39 is 0 Å². The van der Waals surface area contributed by atoms with Gasteiger partial charge in [-0.1, -0.05) is 30.3 Å². The van der Waals surface area contributed by atoms with E-state index in [9.17, 15) is 4.79 Å². The molecule has 0 aliphatic heterocycles. The van der Waals surface area contributed by atoms with Gasteiger partial charge in [-0.15, -0.1) is 0 Å². The molecule has 0 saturated heterocycles. The second-order valence-electron chi connectivity index (χ2n) is 4.94. The van der Waals surface area contributed by atoms with Crippen molar-refractivity contribution >= 4 is 11.8 Å². The van der Waals surface area contributed by atoms with Gasteiger partial charge < -0.3 is 15.5 Å². The highest BCUT2D eigenvalue weighted by Gasteiger charge is 2.02. The maximum atomic E-state index is 11.8. The number of pyridine rings is 1. The lowest BCUT2D eigenvalue weighted by atomic mass is 10.2. The smallest absolute Gasteiger partial charge is 0.315 e. The van der Waals surface area contributed by atoms with Gasteiger partial charge in [-0.2, -0.15) is 0 Å². The van der Waals surface area contributed by atoms with Gasteiger partial charge in [-0.25, -0.2) is 9.78 Å². The lowest BCUT2D eigenvalue weighted by molar-refractivity contribution is 0.240. The molecule has 110 valence electrons. The lowest BCUT2D eigenvalue weighted by Gasteiger charge is -2.12. The van der Waals surface area contributed by atoms with Crippen molar-refractivity contribution in [2.24, 2.45) is 0 Å². The van der Waals surface area contributed by atoms with Gasteiger partial charge in [-0.05, 0) is 23.3 Å². The summed E-state index contributed by atoms with van der Waals surface area (Å²) in [5.41, 5.74) is 2.09. The van der Waals surface area contributed by atoms with Crippen LogP contribution >= 0.6 is 0 Å². The molecule has 0 radical (unpaired) electrons. The van der Waals surface area contributed by atoms with Crippen LogP contribution in [0.4, 0.5) is 10.6 Å². The fourth-order valence-corrected chi connectivity index (χ4v) is 1.84. The average molecular weight is 284 g/mol. The van der Waals surface area contributed by atoms with Crippen LogP contribution in [0.2, 0.25) is 0 Å². The number of carbonyl (C=O) groups is 1. The van der Waals surface area contributed by atoms with Crippen LogP contribution in [0.25, 0.3) is 0 Å². The molecule has 2 N–H and O–H groups in total. The van der Waals surface area contributed by atoms with Crippen LogP contribution in [0.15, 0.2) is 48.7 Å². The number of anilines is 1. The Morgan fingerprint density at radius 1 is 1.05 bits per heavy atom. The molecule has 0 aliphatic rings. The SMILES string of the molecule is CN(C)c1cc(CNC(=O)NCc2ccccc2)ccn1. The maximum Gasteiger partial charge on any atom is 0.315 e. The van der Waals surface area contributed by atoms with Crippen molar-refractivity contribution in [3.8, 4) is 0 Å². The highest BCUT2D eigenvalue weighted by Crippen LogP contribution is 2.09. The Labute approximate surface area is 125 Å². The number of hydrogen-bond donors (Lipinski definition) is 2. The number of aromatic nitrogens is 1. The van der Waals surface area contributed by atoms with Gasteiger partial charge in [0.1, 0.15) is 5.82 Å². The van der Waals surface area contributed by atoms with Crippen molar-refractivity contribution in [1.82, 2.24) is 15.6 Å². The van der Waals surface area contributed by atoms with Crippen LogP contribution in [0.3, 0.4) is 0 Å². The van der Waals surface area contributed by atoms with E-state index >= 15 is 0 Å². The standard InChI is InChI=1S/C16H20N4O/c1-20(2)15-10-14(8-9-17-15)12-19-16(21)18-11-13-6-4-3-5-7-13/h3-10H,11-12H2,1-2H3,(H2,18,19,21). The molecule has 0 unspecified atom stereocenters. The highest BCUT2D eigenvalue weighted by atomic mass is 16.2. The summed E-state index contributed by atoms with van der Waals surface area (Å²) in [6.07, 6.45) is 1.74. The zero-order valence-corrected chi connectivity index (χ0v) is 12.3. The predicted molar refractivity (Wildman–Crippen MR) is 84.1 cm³/mol. The van der Waals surface area contributed by atoms with E-state index in [1.807, 2.05) is 61.5 Å². The number of carbonyl (C=O) groups excluding carboxylic acids is 1. The van der Waals surface area contributed by atoms with Crippen LogP contribution in [-0.2, 0) is 13.1 Å². The van der Waals surface area contributed by atoms with Crippen molar-refractivity contribution in [3.05, 3.63) is 59.8 Å². The molecule has 0 bridgehead atoms. The first kappa shape index (κ1) is 14.8. The molecule has 5 heteroatoms. The molecular weight excluding hydrogens is 264 g/mol. The van der Waals surface area contributed by atoms with E-state index in [1.54, 1.807) is 6.20 Å². The zero-order valence-electron chi connectivity index (χ0n) is 12.3. The largest absolute Gasteiger partial charge is 0.363 e. The lowest BCUT2D eigenvalue weighted by Crippen LogP contribution is -2.34. The number of nitrogens with zero attached hydrogens (tertiary/aromatic N) is 2. The van der Waals surface area contributed by atoms with Crippen LogP contribution in [0.5, 0.6) is 0 Å². The van der Waals surface area contributed by atoms with Crippen molar-refractivity contribution in [3.63, 3.8) is 0 Å². The molecule has 21 heavy (non-hydrogen) atoms. The quantitative estimate of drug-likeness (QED) is 0.884. The van der Waals surface area contributed by atoms with Crippen molar-refractivity contribution < 1.29 is 4.79 Å². The van der Waals surface area contributed by atoms with Gasteiger partial charge in [0.15, 0.2) is 0 Å². The molecule has 1 heterocycles. The minimum Gasteiger partial charge on any atom is -0.363 e. The molecule has 1 aromatic heterocycles. The summed E-state index contributed by atoms with van der Waals surface area (Å²) >= 11 is 0. The van der Waals surface area contributed by atoms with E-state index in [1.165, 1.54) is 0 Å². The van der Waals surface area contributed by atoms with E-state index in [-0.39, 0.29) is 6.03 Å². The van der Waals surface area contributed by atoms with Crippen molar-refractivity contribution in [2.45, 2.75) is 13.1 Å². The Bertz CT molecular complexity index is 584. The summed E-state index contributed by atoms with van der Waals surface area (Å²) in [5, 5.41) is 5.67. The summed E-state index contributed by atoms with van der Waals surface area (Å²) in [5.74, 6) is 0.874. The van der Waals surface area contributed by atoms with Gasteiger partial charge >= 0.3 is 6.03 Å². The predicted octanol–water partition coefficient (Wildman–Crippen LogP) is 2.15. The van der Waals surface area contributed by atoms with Crippen LogP contribution in [0.1, 0.15) is 11.1 Å². The first-order valence-electron chi connectivity index (χ1n) is 6.83. The number of benzene rings is 1. The topological polar surface area (TPSA) is 57.3 Å². The molecular formula is C16H20N4O. The van der Waals surface area contributed by atoms with Gasteiger partial charge in [0.05, 0.1) is 0 Å². The Hall–Kier alpha value is -2.56. The zero-order chi connectivity index (χ0) is 15.1. The number of rotatable bonds is 5.